The van der Waals surface area contributed by atoms with Crippen LogP contribution in [0.3, 0.4) is 0 Å². The number of nitrogens with zero attached hydrogens (tertiary/aromatic N) is 1. The Morgan fingerprint density at radius 3 is 2.54 bits per heavy atom. The van der Waals surface area contributed by atoms with E-state index in [0.717, 1.165) is 18.9 Å². The highest BCUT2D eigenvalue weighted by Crippen LogP contribution is 2.48. The van der Waals surface area contributed by atoms with E-state index in [9.17, 15) is 13.6 Å². The molecule has 4 rings (SSSR count). The minimum Gasteiger partial charge on any atom is -0.353 e. The number of nitrogens with one attached hydrogen (secondary N) is 1. The van der Waals surface area contributed by atoms with E-state index in [1.165, 1.54) is 31.4 Å². The molecule has 4 unspecified atom stereocenters. The molecule has 5 heteroatoms. The normalized spacial score (nSPS) is 35.5. The molecule has 1 aromatic carbocycles. The van der Waals surface area contributed by atoms with Gasteiger partial charge in [0.05, 0.1) is 0 Å². The monoisotopic (exact) mass is 334 g/mol. The van der Waals surface area contributed by atoms with Crippen LogP contribution < -0.4 is 5.32 Å². The quantitative estimate of drug-likeness (QED) is 0.921. The lowest BCUT2D eigenvalue weighted by molar-refractivity contribution is -0.123. The maximum Gasteiger partial charge on any atom is 0.223 e. The van der Waals surface area contributed by atoms with Gasteiger partial charge in [-0.2, -0.15) is 0 Å². The zero-order valence-corrected chi connectivity index (χ0v) is 14.0. The minimum atomic E-state index is -0.573. The summed E-state index contributed by atoms with van der Waals surface area (Å²) in [6, 6.07) is 5.04. The first-order valence-corrected chi connectivity index (χ1v) is 9.00. The molecule has 130 valence electrons. The predicted octanol–water partition coefficient (Wildman–Crippen LogP) is 3.20. The average molecular weight is 334 g/mol. The van der Waals surface area contributed by atoms with Crippen molar-refractivity contribution in [1.82, 2.24) is 10.2 Å². The Balaban J connectivity index is 1.36. The first kappa shape index (κ1) is 16.0. The van der Waals surface area contributed by atoms with Crippen LogP contribution in [0.15, 0.2) is 18.2 Å². The van der Waals surface area contributed by atoms with Crippen LogP contribution in [0, 0.1) is 17.6 Å². The van der Waals surface area contributed by atoms with Gasteiger partial charge in [0.15, 0.2) is 0 Å². The van der Waals surface area contributed by atoms with Crippen molar-refractivity contribution in [3.8, 4) is 0 Å². The number of benzene rings is 1. The number of carbonyl (C=O) groups is 1. The largest absolute Gasteiger partial charge is 0.353 e. The molecule has 24 heavy (non-hydrogen) atoms. The van der Waals surface area contributed by atoms with Gasteiger partial charge in [-0.05, 0) is 56.7 Å². The van der Waals surface area contributed by atoms with Crippen molar-refractivity contribution >= 4 is 5.91 Å². The van der Waals surface area contributed by atoms with Gasteiger partial charge in [-0.1, -0.05) is 12.5 Å². The zero-order valence-electron chi connectivity index (χ0n) is 14.0. The van der Waals surface area contributed by atoms with Gasteiger partial charge in [0, 0.05) is 30.1 Å². The maximum atomic E-state index is 13.9. The van der Waals surface area contributed by atoms with Crippen molar-refractivity contribution in [3.63, 3.8) is 0 Å². The summed E-state index contributed by atoms with van der Waals surface area (Å²) in [5.41, 5.74) is 0.469. The topological polar surface area (TPSA) is 32.3 Å². The van der Waals surface area contributed by atoms with E-state index in [1.54, 1.807) is 0 Å². The van der Waals surface area contributed by atoms with Crippen molar-refractivity contribution in [2.75, 3.05) is 7.05 Å². The third-order valence-corrected chi connectivity index (χ3v) is 6.18. The maximum absolute atomic E-state index is 13.9. The van der Waals surface area contributed by atoms with Gasteiger partial charge in [0.25, 0.3) is 0 Å². The van der Waals surface area contributed by atoms with E-state index < -0.39 is 11.6 Å². The van der Waals surface area contributed by atoms with Crippen LogP contribution in [0.2, 0.25) is 0 Å². The highest BCUT2D eigenvalue weighted by molar-refractivity contribution is 5.83. The van der Waals surface area contributed by atoms with Gasteiger partial charge in [-0.25, -0.2) is 8.78 Å². The summed E-state index contributed by atoms with van der Waals surface area (Å²) in [4.78, 5) is 15.0. The molecule has 2 bridgehead atoms. The second kappa shape index (κ2) is 6.10. The Labute approximate surface area is 141 Å². The molecule has 2 saturated heterocycles. The molecule has 0 radical (unpaired) electrons. The minimum absolute atomic E-state index is 0.0383. The highest BCUT2D eigenvalue weighted by atomic mass is 19.1. The molecule has 2 aliphatic heterocycles. The van der Waals surface area contributed by atoms with Crippen LogP contribution in [0.1, 0.15) is 50.0 Å². The van der Waals surface area contributed by atoms with E-state index in [1.807, 2.05) is 0 Å². The molecule has 2 heterocycles. The lowest BCUT2D eigenvalue weighted by atomic mass is 9.82. The van der Waals surface area contributed by atoms with Crippen LogP contribution in [-0.2, 0) is 4.79 Å². The summed E-state index contributed by atoms with van der Waals surface area (Å²) in [6.45, 7) is 0. The van der Waals surface area contributed by atoms with Gasteiger partial charge >= 0.3 is 0 Å². The van der Waals surface area contributed by atoms with Crippen LogP contribution >= 0.6 is 0 Å². The molecule has 4 atom stereocenters. The fourth-order valence-corrected chi connectivity index (χ4v) is 4.67. The summed E-state index contributed by atoms with van der Waals surface area (Å²) in [5.74, 6) is -1.34. The standard InChI is InChI=1S/C19H24F2N2O/c1-23-13-3-2-4-14(23)9-12(8-13)22-19(24)17-10-16(17)15-6-5-11(20)7-18(15)21/h5-7,12-14,16-17H,2-4,8-10H2,1H3,(H,22,24). The molecular weight excluding hydrogens is 310 g/mol. The van der Waals surface area contributed by atoms with E-state index in [-0.39, 0.29) is 23.8 Å². The van der Waals surface area contributed by atoms with Gasteiger partial charge in [0.1, 0.15) is 11.6 Å². The number of halogens is 2. The number of rotatable bonds is 3. The third-order valence-electron chi connectivity index (χ3n) is 6.18. The molecule has 1 amide bonds. The smallest absolute Gasteiger partial charge is 0.223 e. The Bertz CT molecular complexity index is 636. The molecule has 0 spiro atoms. The predicted molar refractivity (Wildman–Crippen MR) is 87.6 cm³/mol. The third kappa shape index (κ3) is 2.94. The zero-order chi connectivity index (χ0) is 16.8. The average Bonchev–Trinajstić information content (AvgIpc) is 3.28. The summed E-state index contributed by atoms with van der Waals surface area (Å²) >= 11 is 0. The van der Waals surface area contributed by atoms with Crippen molar-refractivity contribution in [2.24, 2.45) is 5.92 Å². The number of hydrogen-bond donors (Lipinski definition) is 1. The van der Waals surface area contributed by atoms with E-state index in [4.69, 9.17) is 0 Å². The van der Waals surface area contributed by atoms with E-state index in [0.29, 0.717) is 24.1 Å². The number of hydrogen-bond acceptors (Lipinski definition) is 2. The number of fused-ring (bicyclic) bond motifs is 2. The van der Waals surface area contributed by atoms with Gasteiger partial charge in [-0.15, -0.1) is 0 Å². The summed E-state index contributed by atoms with van der Waals surface area (Å²) < 4.78 is 26.9. The molecule has 1 aliphatic carbocycles. The molecule has 1 aromatic rings. The first-order valence-electron chi connectivity index (χ1n) is 9.00. The van der Waals surface area contributed by atoms with Gasteiger partial charge in [-0.3, -0.25) is 4.79 Å². The fraction of sp³-hybridized carbons (Fsp3) is 0.632. The lowest BCUT2D eigenvalue weighted by Crippen LogP contribution is -2.55. The molecule has 3 aliphatic rings. The highest BCUT2D eigenvalue weighted by Gasteiger charge is 2.46. The number of carbonyl (C=O) groups excluding carboxylic acids is 1. The van der Waals surface area contributed by atoms with Crippen LogP contribution in [0.5, 0.6) is 0 Å². The van der Waals surface area contributed by atoms with Crippen LogP contribution in [-0.4, -0.2) is 36.0 Å². The fourth-order valence-electron chi connectivity index (χ4n) is 4.67. The molecule has 1 N–H and O–H groups in total. The van der Waals surface area contributed by atoms with Crippen molar-refractivity contribution in [2.45, 2.75) is 62.6 Å². The van der Waals surface area contributed by atoms with Crippen molar-refractivity contribution in [1.29, 1.82) is 0 Å². The summed E-state index contributed by atoms with van der Waals surface area (Å²) in [5, 5.41) is 3.20. The Morgan fingerprint density at radius 2 is 1.88 bits per heavy atom. The summed E-state index contributed by atoms with van der Waals surface area (Å²) in [7, 11) is 2.20. The Morgan fingerprint density at radius 1 is 1.17 bits per heavy atom. The molecule has 0 aromatic heterocycles. The Kier molecular flexibility index (Phi) is 4.07. The van der Waals surface area contributed by atoms with Crippen LogP contribution in [0.4, 0.5) is 8.78 Å². The van der Waals surface area contributed by atoms with Crippen molar-refractivity contribution < 1.29 is 13.6 Å². The molecule has 3 nitrogen and oxygen atoms in total. The van der Waals surface area contributed by atoms with Gasteiger partial charge < -0.3 is 10.2 Å². The molecule has 3 fully saturated rings. The van der Waals surface area contributed by atoms with Crippen molar-refractivity contribution in [3.05, 3.63) is 35.4 Å². The number of piperidine rings is 2. The first-order chi connectivity index (χ1) is 11.5. The Hall–Kier alpha value is -1.49. The number of amides is 1. The molecular formula is C19H24F2N2O. The lowest BCUT2D eigenvalue weighted by Gasteiger charge is -2.47. The summed E-state index contributed by atoms with van der Waals surface area (Å²) in [6.07, 6.45) is 6.41. The molecule has 1 saturated carbocycles. The van der Waals surface area contributed by atoms with E-state index in [2.05, 4.69) is 17.3 Å². The van der Waals surface area contributed by atoms with Gasteiger partial charge in [0.2, 0.25) is 5.91 Å². The SMILES string of the molecule is CN1C2CCCC1CC(NC(=O)C1CC1c1ccc(F)cc1F)C2. The second-order valence-electron chi connectivity index (χ2n) is 7.70. The second-order valence-corrected chi connectivity index (χ2v) is 7.70. The van der Waals surface area contributed by atoms with E-state index >= 15 is 0 Å². The van der Waals surface area contributed by atoms with Crippen LogP contribution in [0.25, 0.3) is 0 Å².